The molecule has 0 amide bonds. The van der Waals surface area contributed by atoms with Crippen molar-refractivity contribution < 1.29 is 14.3 Å². The molecule has 1 aromatic heterocycles. The van der Waals surface area contributed by atoms with Crippen LogP contribution in [-0.2, 0) is 4.79 Å². The van der Waals surface area contributed by atoms with Crippen molar-refractivity contribution in [2.45, 2.75) is 26.2 Å². The molecule has 5 heteroatoms. The zero-order valence-corrected chi connectivity index (χ0v) is 16.1. The van der Waals surface area contributed by atoms with E-state index < -0.39 is 17.0 Å². The number of hydrogen-bond acceptors (Lipinski definition) is 4. The smallest absolute Gasteiger partial charge is 0.336 e. The summed E-state index contributed by atoms with van der Waals surface area (Å²) in [5.41, 5.74) is 3.21. The molecule has 1 saturated carbocycles. The van der Waals surface area contributed by atoms with E-state index in [0.29, 0.717) is 25.0 Å². The molecule has 1 heterocycles. The lowest BCUT2D eigenvalue weighted by Gasteiger charge is -2.41. The van der Waals surface area contributed by atoms with Gasteiger partial charge < -0.3 is 14.4 Å². The molecule has 3 aromatic rings. The van der Waals surface area contributed by atoms with Gasteiger partial charge in [0, 0.05) is 42.4 Å². The number of carbonyl (C=O) groups is 1. The SMILES string of the molecule is Cc1ccccc1-c1cc(=O)oc2cc(N(C)CC3(C(=O)O)CCC3)ccc12. The average molecular weight is 377 g/mol. The number of rotatable bonds is 5. The minimum absolute atomic E-state index is 0.397. The van der Waals surface area contributed by atoms with E-state index in [4.69, 9.17) is 4.42 Å². The van der Waals surface area contributed by atoms with Crippen molar-refractivity contribution in [2.75, 3.05) is 18.5 Å². The number of fused-ring (bicyclic) bond motifs is 1. The van der Waals surface area contributed by atoms with Crippen LogP contribution >= 0.6 is 0 Å². The predicted octanol–water partition coefficient (Wildman–Crippen LogP) is 4.46. The first kappa shape index (κ1) is 18.3. The molecule has 0 bridgehead atoms. The van der Waals surface area contributed by atoms with Gasteiger partial charge in [0.05, 0.1) is 5.41 Å². The van der Waals surface area contributed by atoms with Crippen molar-refractivity contribution >= 4 is 22.6 Å². The van der Waals surface area contributed by atoms with Crippen LogP contribution in [0.5, 0.6) is 0 Å². The van der Waals surface area contributed by atoms with E-state index in [1.807, 2.05) is 61.3 Å². The van der Waals surface area contributed by atoms with Crippen molar-refractivity contribution in [3.8, 4) is 11.1 Å². The van der Waals surface area contributed by atoms with Crippen molar-refractivity contribution in [1.29, 1.82) is 0 Å². The molecule has 0 spiro atoms. The molecule has 1 N–H and O–H groups in total. The lowest BCUT2D eigenvalue weighted by molar-refractivity contribution is -0.153. The van der Waals surface area contributed by atoms with Crippen LogP contribution in [0.15, 0.2) is 57.7 Å². The van der Waals surface area contributed by atoms with Gasteiger partial charge in [-0.2, -0.15) is 0 Å². The second-order valence-electron chi connectivity index (χ2n) is 7.77. The molecule has 5 nitrogen and oxygen atoms in total. The first-order valence-corrected chi connectivity index (χ1v) is 9.48. The van der Waals surface area contributed by atoms with Crippen LogP contribution in [0.25, 0.3) is 22.1 Å². The Hall–Kier alpha value is -3.08. The Morgan fingerprint density at radius 3 is 2.54 bits per heavy atom. The molecule has 0 atom stereocenters. The molecule has 4 rings (SSSR count). The number of hydrogen-bond donors (Lipinski definition) is 1. The monoisotopic (exact) mass is 377 g/mol. The Labute approximate surface area is 163 Å². The van der Waals surface area contributed by atoms with E-state index in [0.717, 1.165) is 34.2 Å². The number of anilines is 1. The van der Waals surface area contributed by atoms with Gasteiger partial charge in [0.15, 0.2) is 0 Å². The van der Waals surface area contributed by atoms with E-state index in [1.54, 1.807) is 0 Å². The zero-order chi connectivity index (χ0) is 19.9. The van der Waals surface area contributed by atoms with Gasteiger partial charge in [0.2, 0.25) is 0 Å². The highest BCUT2D eigenvalue weighted by molar-refractivity contribution is 5.95. The summed E-state index contributed by atoms with van der Waals surface area (Å²) in [4.78, 5) is 25.8. The summed E-state index contributed by atoms with van der Waals surface area (Å²) in [6.45, 7) is 2.46. The maximum Gasteiger partial charge on any atom is 0.336 e. The van der Waals surface area contributed by atoms with Crippen LogP contribution in [0.2, 0.25) is 0 Å². The summed E-state index contributed by atoms with van der Waals surface area (Å²) in [5.74, 6) is -0.736. The molecule has 1 aliphatic rings. The van der Waals surface area contributed by atoms with Crippen LogP contribution in [0.1, 0.15) is 24.8 Å². The van der Waals surface area contributed by atoms with Gasteiger partial charge in [-0.3, -0.25) is 4.79 Å². The largest absolute Gasteiger partial charge is 0.481 e. The van der Waals surface area contributed by atoms with Gasteiger partial charge in [0.1, 0.15) is 5.58 Å². The summed E-state index contributed by atoms with van der Waals surface area (Å²) in [5, 5.41) is 10.5. The molecular formula is C23H23NO4. The van der Waals surface area contributed by atoms with Crippen LogP contribution in [-0.4, -0.2) is 24.7 Å². The number of aryl methyl sites for hydroxylation is 1. The van der Waals surface area contributed by atoms with Crippen LogP contribution in [0.3, 0.4) is 0 Å². The molecule has 0 saturated heterocycles. The van der Waals surface area contributed by atoms with Crippen LogP contribution in [0.4, 0.5) is 5.69 Å². The highest BCUT2D eigenvalue weighted by Gasteiger charge is 2.45. The first-order valence-electron chi connectivity index (χ1n) is 9.48. The fraction of sp³-hybridized carbons (Fsp3) is 0.304. The predicted molar refractivity (Wildman–Crippen MR) is 110 cm³/mol. The van der Waals surface area contributed by atoms with Crippen LogP contribution < -0.4 is 10.5 Å². The number of carboxylic acids is 1. The third-order valence-corrected chi connectivity index (χ3v) is 5.91. The molecule has 0 unspecified atom stereocenters. The molecule has 28 heavy (non-hydrogen) atoms. The third-order valence-electron chi connectivity index (χ3n) is 5.91. The van der Waals surface area contributed by atoms with Crippen molar-refractivity contribution in [3.63, 3.8) is 0 Å². The summed E-state index contributed by atoms with van der Waals surface area (Å²) in [7, 11) is 1.88. The molecule has 0 radical (unpaired) electrons. The van der Waals surface area contributed by atoms with E-state index in [2.05, 4.69) is 0 Å². The number of nitrogens with zero attached hydrogens (tertiary/aromatic N) is 1. The average Bonchev–Trinajstić information content (AvgIpc) is 2.63. The number of benzene rings is 2. The van der Waals surface area contributed by atoms with Gasteiger partial charge in [-0.1, -0.05) is 30.7 Å². The molecular weight excluding hydrogens is 354 g/mol. The normalized spacial score (nSPS) is 15.2. The Bertz CT molecular complexity index is 1110. The lowest BCUT2D eigenvalue weighted by atomic mass is 9.68. The van der Waals surface area contributed by atoms with Gasteiger partial charge in [0.25, 0.3) is 0 Å². The van der Waals surface area contributed by atoms with Gasteiger partial charge in [-0.15, -0.1) is 0 Å². The fourth-order valence-electron chi connectivity index (χ4n) is 4.08. The van der Waals surface area contributed by atoms with Gasteiger partial charge >= 0.3 is 11.6 Å². The second-order valence-corrected chi connectivity index (χ2v) is 7.77. The molecule has 1 fully saturated rings. The maximum absolute atomic E-state index is 12.2. The van der Waals surface area contributed by atoms with E-state index in [-0.39, 0.29) is 0 Å². The first-order chi connectivity index (χ1) is 13.4. The van der Waals surface area contributed by atoms with E-state index >= 15 is 0 Å². The second kappa shape index (κ2) is 6.82. The van der Waals surface area contributed by atoms with Crippen molar-refractivity contribution in [1.82, 2.24) is 0 Å². The topological polar surface area (TPSA) is 70.8 Å². The van der Waals surface area contributed by atoms with Crippen molar-refractivity contribution in [2.24, 2.45) is 5.41 Å². The molecule has 0 aliphatic heterocycles. The lowest BCUT2D eigenvalue weighted by Crippen LogP contribution is -2.46. The Kier molecular flexibility index (Phi) is 4.46. The fourth-order valence-corrected chi connectivity index (χ4v) is 4.08. The standard InChI is InChI=1S/C23H23NO4/c1-15-6-3-4-7-17(15)19-13-21(25)28-20-12-16(8-9-18(19)20)24(2)14-23(22(26)27)10-5-11-23/h3-4,6-9,12-13H,5,10-11,14H2,1-2H3,(H,26,27). The maximum atomic E-state index is 12.2. The highest BCUT2D eigenvalue weighted by atomic mass is 16.4. The summed E-state index contributed by atoms with van der Waals surface area (Å²) >= 11 is 0. The Morgan fingerprint density at radius 2 is 1.89 bits per heavy atom. The van der Waals surface area contributed by atoms with Gasteiger partial charge in [-0.05, 0) is 43.0 Å². The van der Waals surface area contributed by atoms with E-state index in [9.17, 15) is 14.7 Å². The Balaban J connectivity index is 1.75. The van der Waals surface area contributed by atoms with Crippen LogP contribution in [0, 0.1) is 12.3 Å². The summed E-state index contributed by atoms with van der Waals surface area (Å²) in [6.07, 6.45) is 2.35. The van der Waals surface area contributed by atoms with E-state index in [1.165, 1.54) is 6.07 Å². The highest BCUT2D eigenvalue weighted by Crippen LogP contribution is 2.42. The quantitative estimate of drug-likeness (QED) is 0.665. The number of aliphatic carboxylic acids is 1. The van der Waals surface area contributed by atoms with Gasteiger partial charge in [-0.25, -0.2) is 4.79 Å². The Morgan fingerprint density at radius 1 is 1.14 bits per heavy atom. The number of carboxylic acid groups (broad SMARTS) is 1. The minimum atomic E-state index is -0.736. The molecule has 144 valence electrons. The summed E-state index contributed by atoms with van der Waals surface area (Å²) in [6, 6.07) is 15.2. The zero-order valence-electron chi connectivity index (χ0n) is 16.1. The van der Waals surface area contributed by atoms with Crippen molar-refractivity contribution in [3.05, 3.63) is 64.5 Å². The molecule has 2 aromatic carbocycles. The molecule has 1 aliphatic carbocycles. The minimum Gasteiger partial charge on any atom is -0.481 e. The summed E-state index contributed by atoms with van der Waals surface area (Å²) < 4.78 is 5.47. The third kappa shape index (κ3) is 3.07.